The Morgan fingerprint density at radius 3 is 2.59 bits per heavy atom. The van der Waals surface area contributed by atoms with Gasteiger partial charge < -0.3 is 10.1 Å². The predicted molar refractivity (Wildman–Crippen MR) is 147 cm³/mol. The third-order valence-electron chi connectivity index (χ3n) is 6.08. The van der Waals surface area contributed by atoms with E-state index in [1.54, 1.807) is 29.1 Å². The summed E-state index contributed by atoms with van der Waals surface area (Å²) in [6.07, 6.45) is 1.73. The van der Waals surface area contributed by atoms with Crippen molar-refractivity contribution in [2.75, 3.05) is 5.32 Å². The molecule has 198 valence electrons. The van der Waals surface area contributed by atoms with Gasteiger partial charge in [-0.05, 0) is 36.4 Å². The molecule has 0 spiro atoms. The molecule has 5 rings (SSSR count). The lowest BCUT2D eigenvalue weighted by molar-refractivity contribution is -0.384. The highest BCUT2D eigenvalue weighted by Gasteiger charge is 2.22. The SMILES string of the molecule is CC(C)(C)c1cc(NC(=O)NCc2ccccc2Oc2ccc3[nH]ncc3c2)n(-c2ccc([N+](=O)[O-])cc2)n1. The molecule has 0 aliphatic carbocycles. The normalized spacial score (nSPS) is 11.4. The number of amides is 2. The first-order chi connectivity index (χ1) is 18.7. The van der Waals surface area contributed by atoms with E-state index in [-0.39, 0.29) is 17.6 Å². The number of urea groups is 1. The number of anilines is 1. The zero-order valence-corrected chi connectivity index (χ0v) is 21.6. The zero-order chi connectivity index (χ0) is 27.6. The van der Waals surface area contributed by atoms with Crippen LogP contribution in [-0.2, 0) is 12.0 Å². The van der Waals surface area contributed by atoms with Gasteiger partial charge in [0.15, 0.2) is 0 Å². The lowest BCUT2D eigenvalue weighted by atomic mass is 9.92. The van der Waals surface area contributed by atoms with Crippen LogP contribution in [0.2, 0.25) is 0 Å². The number of nitrogens with zero attached hydrogens (tertiary/aromatic N) is 4. The molecule has 39 heavy (non-hydrogen) atoms. The Morgan fingerprint density at radius 1 is 1.08 bits per heavy atom. The number of fused-ring (bicyclic) bond motifs is 1. The molecule has 0 unspecified atom stereocenters. The molecule has 0 saturated heterocycles. The molecule has 3 aromatic carbocycles. The number of nitrogens with one attached hydrogen (secondary N) is 3. The van der Waals surface area contributed by atoms with E-state index < -0.39 is 11.0 Å². The van der Waals surface area contributed by atoms with Gasteiger partial charge >= 0.3 is 6.03 Å². The summed E-state index contributed by atoms with van der Waals surface area (Å²) < 4.78 is 7.67. The topological polar surface area (TPSA) is 140 Å². The monoisotopic (exact) mass is 525 g/mol. The molecule has 0 aliphatic rings. The number of nitro benzene ring substituents is 1. The van der Waals surface area contributed by atoms with Gasteiger partial charge in [0, 0.05) is 41.1 Å². The van der Waals surface area contributed by atoms with E-state index in [9.17, 15) is 14.9 Å². The van der Waals surface area contributed by atoms with Gasteiger partial charge in [0.05, 0.1) is 28.0 Å². The maximum atomic E-state index is 13.0. The molecule has 0 bridgehead atoms. The number of carbonyl (C=O) groups is 1. The fourth-order valence-corrected chi connectivity index (χ4v) is 3.95. The van der Waals surface area contributed by atoms with Gasteiger partial charge in [0.25, 0.3) is 5.69 Å². The number of aromatic nitrogens is 4. The molecule has 0 atom stereocenters. The molecular formula is C28H27N7O4. The second-order valence-electron chi connectivity index (χ2n) is 9.99. The van der Waals surface area contributed by atoms with E-state index in [4.69, 9.17) is 4.74 Å². The summed E-state index contributed by atoms with van der Waals surface area (Å²) in [7, 11) is 0. The quantitative estimate of drug-likeness (QED) is 0.174. The highest BCUT2D eigenvalue weighted by molar-refractivity contribution is 5.88. The van der Waals surface area contributed by atoms with E-state index in [1.165, 1.54) is 12.1 Å². The van der Waals surface area contributed by atoms with E-state index in [0.717, 1.165) is 22.2 Å². The van der Waals surface area contributed by atoms with Crippen LogP contribution in [0.25, 0.3) is 16.6 Å². The van der Waals surface area contributed by atoms with Crippen molar-refractivity contribution in [3.05, 3.63) is 100 Å². The molecule has 0 aliphatic heterocycles. The lowest BCUT2D eigenvalue weighted by Crippen LogP contribution is -2.29. The number of hydrogen-bond donors (Lipinski definition) is 3. The fourth-order valence-electron chi connectivity index (χ4n) is 3.95. The van der Waals surface area contributed by atoms with E-state index >= 15 is 0 Å². The smallest absolute Gasteiger partial charge is 0.320 e. The van der Waals surface area contributed by atoms with Crippen molar-refractivity contribution in [1.82, 2.24) is 25.3 Å². The number of nitro groups is 1. The van der Waals surface area contributed by atoms with Crippen molar-refractivity contribution in [1.29, 1.82) is 0 Å². The predicted octanol–water partition coefficient (Wildman–Crippen LogP) is 6.07. The number of H-pyrrole nitrogens is 1. The highest BCUT2D eigenvalue weighted by atomic mass is 16.6. The largest absolute Gasteiger partial charge is 0.457 e. The van der Waals surface area contributed by atoms with Gasteiger partial charge in [-0.15, -0.1) is 0 Å². The zero-order valence-electron chi connectivity index (χ0n) is 21.6. The van der Waals surface area contributed by atoms with Gasteiger partial charge in [0.2, 0.25) is 0 Å². The Hall–Kier alpha value is -5.19. The van der Waals surface area contributed by atoms with Crippen LogP contribution in [0.15, 0.2) is 79.0 Å². The van der Waals surface area contributed by atoms with Gasteiger partial charge in [0.1, 0.15) is 17.3 Å². The highest BCUT2D eigenvalue weighted by Crippen LogP contribution is 2.29. The summed E-state index contributed by atoms with van der Waals surface area (Å²) in [5.41, 5.74) is 2.73. The molecule has 0 fully saturated rings. The van der Waals surface area contributed by atoms with Crippen molar-refractivity contribution in [3.8, 4) is 17.2 Å². The molecule has 3 N–H and O–H groups in total. The van der Waals surface area contributed by atoms with Crippen LogP contribution in [0.5, 0.6) is 11.5 Å². The molecule has 0 saturated carbocycles. The number of non-ortho nitro benzene ring substituents is 1. The number of rotatable bonds is 7. The molecule has 11 heteroatoms. The summed E-state index contributed by atoms with van der Waals surface area (Å²) in [4.78, 5) is 23.6. The van der Waals surface area contributed by atoms with Crippen LogP contribution in [0, 0.1) is 10.1 Å². The second-order valence-corrected chi connectivity index (χ2v) is 9.99. The van der Waals surface area contributed by atoms with Crippen molar-refractivity contribution in [2.45, 2.75) is 32.7 Å². The average Bonchev–Trinajstić information content (AvgIpc) is 3.55. The number of hydrogen-bond acceptors (Lipinski definition) is 6. The van der Waals surface area contributed by atoms with E-state index in [1.807, 2.05) is 63.2 Å². The first-order valence-electron chi connectivity index (χ1n) is 12.3. The Kier molecular flexibility index (Phi) is 6.72. The molecular weight excluding hydrogens is 498 g/mol. The first kappa shape index (κ1) is 25.5. The minimum Gasteiger partial charge on any atom is -0.457 e. The molecule has 2 aromatic heterocycles. The molecule has 2 heterocycles. The van der Waals surface area contributed by atoms with Gasteiger partial charge in [-0.2, -0.15) is 10.2 Å². The maximum Gasteiger partial charge on any atom is 0.320 e. The minimum atomic E-state index is -0.461. The first-order valence-corrected chi connectivity index (χ1v) is 12.3. The summed E-state index contributed by atoms with van der Waals surface area (Å²) in [6.45, 7) is 6.26. The Bertz CT molecular complexity index is 1650. The minimum absolute atomic E-state index is 0.0280. The third kappa shape index (κ3) is 5.72. The van der Waals surface area contributed by atoms with E-state index in [2.05, 4.69) is 25.9 Å². The Balaban J connectivity index is 1.32. The summed E-state index contributed by atoms with van der Waals surface area (Å²) in [5, 5.41) is 29.3. The summed E-state index contributed by atoms with van der Waals surface area (Å²) in [6, 6.07) is 20.4. The summed E-state index contributed by atoms with van der Waals surface area (Å²) in [5.74, 6) is 1.71. The van der Waals surface area contributed by atoms with Crippen molar-refractivity contribution < 1.29 is 14.5 Å². The third-order valence-corrected chi connectivity index (χ3v) is 6.08. The molecule has 5 aromatic rings. The number of carbonyl (C=O) groups excluding carboxylic acids is 1. The fraction of sp³-hybridized carbons (Fsp3) is 0.179. The average molecular weight is 526 g/mol. The number of aromatic amines is 1. The van der Waals surface area contributed by atoms with Gasteiger partial charge in [-0.1, -0.05) is 39.0 Å². The van der Waals surface area contributed by atoms with Crippen molar-refractivity contribution >= 4 is 28.4 Å². The van der Waals surface area contributed by atoms with Crippen molar-refractivity contribution in [2.24, 2.45) is 0 Å². The van der Waals surface area contributed by atoms with Crippen LogP contribution in [0.1, 0.15) is 32.0 Å². The molecule has 2 amide bonds. The summed E-state index contributed by atoms with van der Waals surface area (Å²) >= 11 is 0. The lowest BCUT2D eigenvalue weighted by Gasteiger charge is -2.14. The second kappa shape index (κ2) is 10.3. The Morgan fingerprint density at radius 2 is 1.85 bits per heavy atom. The van der Waals surface area contributed by atoms with Crippen LogP contribution in [0.3, 0.4) is 0 Å². The number of para-hydroxylation sites is 1. The standard InChI is InChI=1S/C28H27N7O4/c1-28(2,3)25-15-26(34(33-25)20-8-10-21(11-9-20)35(37)38)31-27(36)29-16-18-6-4-5-7-24(18)39-22-12-13-23-19(14-22)17-30-32-23/h4-15,17H,16H2,1-3H3,(H,30,32)(H2,29,31,36). The van der Waals surface area contributed by atoms with Crippen LogP contribution in [-0.4, -0.2) is 30.9 Å². The van der Waals surface area contributed by atoms with E-state index in [0.29, 0.717) is 23.0 Å². The number of ether oxygens (including phenoxy) is 1. The van der Waals surface area contributed by atoms with Crippen LogP contribution in [0.4, 0.5) is 16.3 Å². The van der Waals surface area contributed by atoms with Crippen LogP contribution >= 0.6 is 0 Å². The maximum absolute atomic E-state index is 13.0. The van der Waals surface area contributed by atoms with Gasteiger partial charge in [-0.25, -0.2) is 9.48 Å². The Labute approximate surface area is 224 Å². The number of benzene rings is 3. The van der Waals surface area contributed by atoms with Crippen molar-refractivity contribution in [3.63, 3.8) is 0 Å². The van der Waals surface area contributed by atoms with Crippen LogP contribution < -0.4 is 15.4 Å². The van der Waals surface area contributed by atoms with Gasteiger partial charge in [-0.3, -0.25) is 20.5 Å². The molecule has 11 nitrogen and oxygen atoms in total. The molecule has 0 radical (unpaired) electrons.